The maximum Gasteiger partial charge on any atom is 0.255 e. The summed E-state index contributed by atoms with van der Waals surface area (Å²) >= 11 is 0. The molecule has 92 valence electrons. The molecule has 1 aromatic heterocycles. The SMILES string of the molecule is Cc1ccc(C(=O)N2CCN(C)CC2C)cn1. The van der Waals surface area contributed by atoms with Crippen molar-refractivity contribution in [1.29, 1.82) is 0 Å². The molecule has 0 aliphatic carbocycles. The van der Waals surface area contributed by atoms with Crippen LogP contribution >= 0.6 is 0 Å². The Hall–Kier alpha value is -1.42. The number of aryl methyl sites for hydroxylation is 1. The molecule has 4 heteroatoms. The van der Waals surface area contributed by atoms with Gasteiger partial charge < -0.3 is 9.80 Å². The third-order valence-corrected chi connectivity index (χ3v) is 3.25. The summed E-state index contributed by atoms with van der Waals surface area (Å²) in [7, 11) is 2.09. The summed E-state index contributed by atoms with van der Waals surface area (Å²) in [5, 5.41) is 0. The number of pyridine rings is 1. The molecular weight excluding hydrogens is 214 g/mol. The predicted octanol–water partition coefficient (Wildman–Crippen LogP) is 1.17. The predicted molar refractivity (Wildman–Crippen MR) is 67.0 cm³/mol. The van der Waals surface area contributed by atoms with Crippen LogP contribution in [0.2, 0.25) is 0 Å². The summed E-state index contributed by atoms with van der Waals surface area (Å²) < 4.78 is 0. The van der Waals surface area contributed by atoms with Gasteiger partial charge in [-0.3, -0.25) is 9.78 Å². The lowest BCUT2D eigenvalue weighted by Crippen LogP contribution is -2.52. The first-order valence-corrected chi connectivity index (χ1v) is 6.00. The van der Waals surface area contributed by atoms with Crippen LogP contribution in [-0.2, 0) is 0 Å². The number of aromatic nitrogens is 1. The molecule has 2 rings (SSSR count). The topological polar surface area (TPSA) is 36.4 Å². The normalized spacial score (nSPS) is 21.6. The highest BCUT2D eigenvalue weighted by Crippen LogP contribution is 2.12. The fourth-order valence-electron chi connectivity index (χ4n) is 2.20. The lowest BCUT2D eigenvalue weighted by Gasteiger charge is -2.38. The van der Waals surface area contributed by atoms with Crippen molar-refractivity contribution in [2.75, 3.05) is 26.7 Å². The number of nitrogens with zero attached hydrogens (tertiary/aromatic N) is 3. The van der Waals surface area contributed by atoms with Gasteiger partial charge in [-0.05, 0) is 33.0 Å². The smallest absolute Gasteiger partial charge is 0.255 e. The van der Waals surface area contributed by atoms with E-state index in [2.05, 4.69) is 23.9 Å². The Morgan fingerprint density at radius 1 is 1.41 bits per heavy atom. The van der Waals surface area contributed by atoms with E-state index in [0.29, 0.717) is 5.56 Å². The quantitative estimate of drug-likeness (QED) is 0.730. The van der Waals surface area contributed by atoms with Crippen LogP contribution in [0, 0.1) is 6.92 Å². The number of amides is 1. The molecule has 1 atom stereocenters. The molecule has 0 spiro atoms. The third kappa shape index (κ3) is 2.64. The Morgan fingerprint density at radius 3 is 2.76 bits per heavy atom. The highest BCUT2D eigenvalue weighted by Gasteiger charge is 2.26. The molecule has 2 heterocycles. The molecule has 17 heavy (non-hydrogen) atoms. The Labute approximate surface area is 102 Å². The molecule has 0 saturated carbocycles. The maximum atomic E-state index is 12.3. The van der Waals surface area contributed by atoms with Gasteiger partial charge in [0.25, 0.3) is 5.91 Å². The molecule has 0 radical (unpaired) electrons. The van der Waals surface area contributed by atoms with Crippen molar-refractivity contribution in [2.45, 2.75) is 19.9 Å². The zero-order chi connectivity index (χ0) is 12.4. The van der Waals surface area contributed by atoms with Crippen molar-refractivity contribution in [2.24, 2.45) is 0 Å². The van der Waals surface area contributed by atoms with E-state index in [0.717, 1.165) is 25.3 Å². The second-order valence-electron chi connectivity index (χ2n) is 4.80. The summed E-state index contributed by atoms with van der Waals surface area (Å²) in [5.74, 6) is 0.0955. The molecule has 0 aromatic carbocycles. The first-order chi connectivity index (χ1) is 8.08. The van der Waals surface area contributed by atoms with Gasteiger partial charge in [-0.2, -0.15) is 0 Å². The van der Waals surface area contributed by atoms with Crippen molar-refractivity contribution in [3.8, 4) is 0 Å². The second-order valence-corrected chi connectivity index (χ2v) is 4.80. The Morgan fingerprint density at radius 2 is 2.18 bits per heavy atom. The molecular formula is C13H19N3O. The van der Waals surface area contributed by atoms with Crippen LogP contribution < -0.4 is 0 Å². The van der Waals surface area contributed by atoms with E-state index in [9.17, 15) is 4.79 Å². The zero-order valence-electron chi connectivity index (χ0n) is 10.7. The van der Waals surface area contributed by atoms with Crippen molar-refractivity contribution in [3.05, 3.63) is 29.6 Å². The van der Waals surface area contributed by atoms with Gasteiger partial charge in [0.05, 0.1) is 5.56 Å². The molecule has 1 unspecified atom stereocenters. The summed E-state index contributed by atoms with van der Waals surface area (Å²) in [6.45, 7) is 6.69. The molecule has 1 aliphatic heterocycles. The molecule has 0 N–H and O–H groups in total. The summed E-state index contributed by atoms with van der Waals surface area (Å²) in [5.41, 5.74) is 1.62. The number of hydrogen-bond acceptors (Lipinski definition) is 3. The van der Waals surface area contributed by atoms with Gasteiger partial charge in [-0.25, -0.2) is 0 Å². The molecule has 1 saturated heterocycles. The molecule has 1 aromatic rings. The van der Waals surface area contributed by atoms with Crippen molar-refractivity contribution < 1.29 is 4.79 Å². The average Bonchev–Trinajstić information content (AvgIpc) is 2.29. The van der Waals surface area contributed by atoms with Crippen LogP contribution in [0.15, 0.2) is 18.3 Å². The minimum Gasteiger partial charge on any atom is -0.333 e. The minimum atomic E-state index is 0.0955. The first-order valence-electron chi connectivity index (χ1n) is 6.00. The fraction of sp³-hybridized carbons (Fsp3) is 0.538. The second kappa shape index (κ2) is 4.84. The molecule has 1 fully saturated rings. The summed E-state index contributed by atoms with van der Waals surface area (Å²) in [6.07, 6.45) is 1.67. The number of likely N-dealkylation sites (N-methyl/N-ethyl adjacent to an activating group) is 1. The molecule has 4 nitrogen and oxygen atoms in total. The molecule has 1 aliphatic rings. The zero-order valence-corrected chi connectivity index (χ0v) is 10.7. The summed E-state index contributed by atoms with van der Waals surface area (Å²) in [4.78, 5) is 20.7. The Kier molecular flexibility index (Phi) is 3.43. The van der Waals surface area contributed by atoms with Crippen LogP contribution in [0.25, 0.3) is 0 Å². The van der Waals surface area contributed by atoms with Crippen molar-refractivity contribution in [1.82, 2.24) is 14.8 Å². The highest BCUT2D eigenvalue weighted by molar-refractivity contribution is 5.94. The number of piperazine rings is 1. The van der Waals surface area contributed by atoms with Gasteiger partial charge in [0.15, 0.2) is 0 Å². The van der Waals surface area contributed by atoms with Crippen molar-refractivity contribution in [3.63, 3.8) is 0 Å². The summed E-state index contributed by atoms with van der Waals surface area (Å²) in [6, 6.07) is 4.01. The Balaban J connectivity index is 2.12. The van der Waals surface area contributed by atoms with Crippen LogP contribution in [-0.4, -0.2) is 53.4 Å². The minimum absolute atomic E-state index is 0.0955. The van der Waals surface area contributed by atoms with Crippen LogP contribution in [0.3, 0.4) is 0 Å². The first kappa shape index (κ1) is 12.0. The number of rotatable bonds is 1. The van der Waals surface area contributed by atoms with Crippen LogP contribution in [0.1, 0.15) is 23.0 Å². The van der Waals surface area contributed by atoms with Crippen LogP contribution in [0.4, 0.5) is 0 Å². The van der Waals surface area contributed by atoms with E-state index >= 15 is 0 Å². The largest absolute Gasteiger partial charge is 0.333 e. The maximum absolute atomic E-state index is 12.3. The van der Waals surface area contributed by atoms with Gasteiger partial charge in [-0.15, -0.1) is 0 Å². The lowest BCUT2D eigenvalue weighted by molar-refractivity contribution is 0.0533. The monoisotopic (exact) mass is 233 g/mol. The number of carbonyl (C=O) groups excluding carboxylic acids is 1. The van der Waals surface area contributed by atoms with E-state index in [1.807, 2.05) is 24.0 Å². The van der Waals surface area contributed by atoms with Crippen molar-refractivity contribution >= 4 is 5.91 Å². The Bertz CT molecular complexity index is 402. The fourth-order valence-corrected chi connectivity index (χ4v) is 2.20. The van der Waals surface area contributed by atoms with Gasteiger partial charge in [0, 0.05) is 37.6 Å². The standard InChI is InChI=1S/C13H19N3O/c1-10-4-5-12(8-14-10)13(17)16-7-6-15(3)9-11(16)2/h4-5,8,11H,6-7,9H2,1-3H3. The van der Waals surface area contributed by atoms with Gasteiger partial charge in [0.2, 0.25) is 0 Å². The third-order valence-electron chi connectivity index (χ3n) is 3.25. The van der Waals surface area contributed by atoms with Gasteiger partial charge in [0.1, 0.15) is 0 Å². The number of hydrogen-bond donors (Lipinski definition) is 0. The molecule has 1 amide bonds. The van der Waals surface area contributed by atoms with Gasteiger partial charge in [-0.1, -0.05) is 0 Å². The van der Waals surface area contributed by atoms with E-state index in [4.69, 9.17) is 0 Å². The van der Waals surface area contributed by atoms with Crippen LogP contribution in [0.5, 0.6) is 0 Å². The van der Waals surface area contributed by atoms with E-state index in [1.54, 1.807) is 6.20 Å². The number of carbonyl (C=O) groups is 1. The van der Waals surface area contributed by atoms with Gasteiger partial charge >= 0.3 is 0 Å². The van der Waals surface area contributed by atoms with E-state index in [1.165, 1.54) is 0 Å². The van der Waals surface area contributed by atoms with E-state index < -0.39 is 0 Å². The highest BCUT2D eigenvalue weighted by atomic mass is 16.2. The molecule has 0 bridgehead atoms. The lowest BCUT2D eigenvalue weighted by atomic mass is 10.1. The average molecular weight is 233 g/mol. The van der Waals surface area contributed by atoms with E-state index in [-0.39, 0.29) is 11.9 Å².